The van der Waals surface area contributed by atoms with Gasteiger partial charge in [0, 0.05) is 17.8 Å². The third kappa shape index (κ3) is 3.97. The molecule has 1 N–H and O–H groups in total. The number of methoxy groups -OCH3 is 1. The molecule has 0 aliphatic carbocycles. The van der Waals surface area contributed by atoms with E-state index < -0.39 is 0 Å². The molecule has 3 rings (SSSR count). The van der Waals surface area contributed by atoms with E-state index in [0.29, 0.717) is 5.75 Å². The number of fused-ring (bicyclic) bond motifs is 1. The number of hydrogen-bond donors (Lipinski definition) is 1. The van der Waals surface area contributed by atoms with Crippen LogP contribution in [0.4, 0.5) is 0 Å². The van der Waals surface area contributed by atoms with E-state index in [-0.39, 0.29) is 19.4 Å². The number of hydrogen-bond acceptors (Lipinski definition) is 5. The van der Waals surface area contributed by atoms with Gasteiger partial charge in [0.2, 0.25) is 0 Å². The topological polar surface area (TPSA) is 54.3 Å². The molecule has 0 aromatic heterocycles. The summed E-state index contributed by atoms with van der Waals surface area (Å²) in [5, 5.41) is 8.83. The van der Waals surface area contributed by atoms with Gasteiger partial charge in [0.05, 0.1) is 26.0 Å². The second-order valence-corrected chi connectivity index (χ2v) is 5.33. The van der Waals surface area contributed by atoms with Crippen molar-refractivity contribution in [1.82, 2.24) is 4.90 Å². The second-order valence-electron chi connectivity index (χ2n) is 5.33. The molecule has 1 aromatic carbocycles. The molecule has 0 radical (unpaired) electrons. The minimum Gasteiger partial charge on any atom is -0.496 e. The summed E-state index contributed by atoms with van der Waals surface area (Å²) in [5.41, 5.74) is 3.21. The van der Waals surface area contributed by atoms with Crippen LogP contribution in [0.15, 0.2) is 47.1 Å². The van der Waals surface area contributed by atoms with Crippen molar-refractivity contribution in [2.24, 2.45) is 4.99 Å². The van der Waals surface area contributed by atoms with Gasteiger partial charge in [0.1, 0.15) is 24.3 Å². The van der Waals surface area contributed by atoms with Crippen LogP contribution < -0.4 is 9.47 Å². The normalized spacial score (nSPS) is 18.2. The highest BCUT2D eigenvalue weighted by Gasteiger charge is 2.26. The fourth-order valence-electron chi connectivity index (χ4n) is 2.68. The number of allylic oxidation sites excluding steroid dienone is 2. The summed E-state index contributed by atoms with van der Waals surface area (Å²) in [6, 6.07) is 5.68. The zero-order chi connectivity index (χ0) is 17.5. The van der Waals surface area contributed by atoms with Crippen LogP contribution >= 0.6 is 0 Å². The molecule has 0 saturated carbocycles. The smallest absolute Gasteiger partial charge is 0.140 e. The summed E-state index contributed by atoms with van der Waals surface area (Å²) in [6.07, 6.45) is 6.41. The zero-order valence-electron chi connectivity index (χ0n) is 14.8. The Kier molecular flexibility index (Phi) is 6.44. The summed E-state index contributed by atoms with van der Waals surface area (Å²) in [5.74, 6) is 1.42. The predicted molar refractivity (Wildman–Crippen MR) is 96.9 cm³/mol. The first-order chi connectivity index (χ1) is 11.7. The molecule has 0 spiro atoms. The maximum atomic E-state index is 8.83. The van der Waals surface area contributed by atoms with Crippen molar-refractivity contribution in [2.45, 2.75) is 26.9 Å². The van der Waals surface area contributed by atoms with E-state index in [0.717, 1.165) is 23.6 Å². The van der Waals surface area contributed by atoms with Gasteiger partial charge in [-0.3, -0.25) is 4.99 Å². The first kappa shape index (κ1) is 18.1. The second kappa shape index (κ2) is 8.55. The predicted octanol–water partition coefficient (Wildman–Crippen LogP) is 3.00. The molecule has 5 nitrogen and oxygen atoms in total. The van der Waals surface area contributed by atoms with Gasteiger partial charge >= 0.3 is 0 Å². The van der Waals surface area contributed by atoms with Crippen LogP contribution in [0.2, 0.25) is 0 Å². The van der Waals surface area contributed by atoms with Gasteiger partial charge < -0.3 is 19.5 Å². The third-order valence-corrected chi connectivity index (χ3v) is 3.70. The fraction of sp³-hybridized carbons (Fsp3) is 0.421. The van der Waals surface area contributed by atoms with E-state index in [2.05, 4.69) is 30.2 Å². The third-order valence-electron chi connectivity index (χ3n) is 3.70. The molecule has 2 aliphatic heterocycles. The van der Waals surface area contributed by atoms with Crippen LogP contribution in [0, 0.1) is 0 Å². The van der Waals surface area contributed by atoms with Crippen molar-refractivity contribution in [3.8, 4) is 11.5 Å². The molecule has 2 heterocycles. The van der Waals surface area contributed by atoms with Crippen LogP contribution in [-0.4, -0.2) is 48.8 Å². The number of benzene rings is 1. The quantitative estimate of drug-likeness (QED) is 0.902. The molecule has 1 unspecified atom stereocenters. The molecule has 0 saturated heterocycles. The van der Waals surface area contributed by atoms with Crippen molar-refractivity contribution in [3.05, 3.63) is 47.7 Å². The van der Waals surface area contributed by atoms with Crippen molar-refractivity contribution < 1.29 is 14.6 Å². The molecule has 1 atom stereocenters. The van der Waals surface area contributed by atoms with Gasteiger partial charge in [-0.1, -0.05) is 19.9 Å². The Labute approximate surface area is 143 Å². The highest BCUT2D eigenvalue weighted by atomic mass is 16.5. The van der Waals surface area contributed by atoms with E-state index >= 15 is 0 Å². The maximum absolute atomic E-state index is 8.83. The Hall–Kier alpha value is -2.27. The molecule has 1 aromatic rings. The molecule has 0 fully saturated rings. The molecule has 130 valence electrons. The lowest BCUT2D eigenvalue weighted by atomic mass is 10.1. The highest BCUT2D eigenvalue weighted by molar-refractivity contribution is 6.05. The lowest BCUT2D eigenvalue weighted by Crippen LogP contribution is -2.26. The van der Waals surface area contributed by atoms with Gasteiger partial charge in [-0.05, 0) is 30.7 Å². The number of aliphatic hydroxyl groups excluding tert-OH is 1. The number of aliphatic hydroxyl groups is 1. The average Bonchev–Trinajstić information content (AvgIpc) is 3.04. The molecule has 0 amide bonds. The van der Waals surface area contributed by atoms with Gasteiger partial charge in [0.15, 0.2) is 0 Å². The van der Waals surface area contributed by atoms with Crippen LogP contribution in [0.3, 0.4) is 0 Å². The molecular weight excluding hydrogens is 304 g/mol. The Morgan fingerprint density at radius 1 is 1.33 bits per heavy atom. The summed E-state index contributed by atoms with van der Waals surface area (Å²) < 4.78 is 10.9. The van der Waals surface area contributed by atoms with Gasteiger partial charge in [-0.25, -0.2) is 0 Å². The van der Waals surface area contributed by atoms with E-state index in [4.69, 9.17) is 19.6 Å². The van der Waals surface area contributed by atoms with Crippen molar-refractivity contribution in [1.29, 1.82) is 0 Å². The number of nitrogens with zero attached hydrogens (tertiary/aromatic N) is 2. The molecule has 5 heteroatoms. The van der Waals surface area contributed by atoms with E-state index in [1.165, 1.54) is 5.57 Å². The first-order valence-corrected chi connectivity index (χ1v) is 8.32. The monoisotopic (exact) mass is 330 g/mol. The van der Waals surface area contributed by atoms with Gasteiger partial charge in [-0.15, -0.1) is 0 Å². The van der Waals surface area contributed by atoms with Crippen molar-refractivity contribution >= 4 is 5.71 Å². The Morgan fingerprint density at radius 2 is 2.12 bits per heavy atom. The summed E-state index contributed by atoms with van der Waals surface area (Å²) in [7, 11) is 1.64. The fourth-order valence-corrected chi connectivity index (χ4v) is 2.68. The number of aliphatic imine (C=N–C) groups is 1. The van der Waals surface area contributed by atoms with Crippen molar-refractivity contribution in [2.75, 3.05) is 26.9 Å². The summed E-state index contributed by atoms with van der Waals surface area (Å²) in [4.78, 5) is 6.97. The standard InChI is InChI=1S/C17H20N2O3.C2H6/c1-12-3-6-17-18-15(11-19(17)10-12)14-5-4-13(22-8-7-20)9-16(14)21-2;1-2/h3-6,9-10,17,20H,7-8,11H2,1-2H3;1-2H3. The SMILES string of the molecule is CC.COc1cc(OCCO)ccc1C1=NC2C=CC(C)=CN2C1. The zero-order valence-corrected chi connectivity index (χ0v) is 14.8. The van der Waals surface area contributed by atoms with E-state index in [9.17, 15) is 0 Å². The van der Waals surface area contributed by atoms with E-state index in [1.54, 1.807) is 7.11 Å². The van der Waals surface area contributed by atoms with Gasteiger partial charge in [-0.2, -0.15) is 0 Å². The van der Waals surface area contributed by atoms with Crippen LogP contribution in [0.5, 0.6) is 11.5 Å². The molecule has 24 heavy (non-hydrogen) atoms. The van der Waals surface area contributed by atoms with Crippen LogP contribution in [0.1, 0.15) is 26.3 Å². The minimum absolute atomic E-state index is 0.00850. The lowest BCUT2D eigenvalue weighted by Gasteiger charge is -2.22. The molecular formula is C19H26N2O3. The Bertz CT molecular complexity index is 650. The number of ether oxygens (including phenoxy) is 2. The Balaban J connectivity index is 0.00000100. The Morgan fingerprint density at radius 3 is 2.83 bits per heavy atom. The first-order valence-electron chi connectivity index (χ1n) is 8.32. The molecule has 0 bridgehead atoms. The van der Waals surface area contributed by atoms with E-state index in [1.807, 2.05) is 32.0 Å². The number of rotatable bonds is 5. The summed E-state index contributed by atoms with van der Waals surface area (Å²) >= 11 is 0. The van der Waals surface area contributed by atoms with Crippen LogP contribution in [-0.2, 0) is 0 Å². The average molecular weight is 330 g/mol. The minimum atomic E-state index is -0.00850. The highest BCUT2D eigenvalue weighted by Crippen LogP contribution is 2.29. The lowest BCUT2D eigenvalue weighted by molar-refractivity contribution is 0.201. The van der Waals surface area contributed by atoms with Crippen molar-refractivity contribution in [3.63, 3.8) is 0 Å². The van der Waals surface area contributed by atoms with Crippen LogP contribution in [0.25, 0.3) is 0 Å². The molecule has 2 aliphatic rings. The summed E-state index contributed by atoms with van der Waals surface area (Å²) in [6.45, 7) is 7.11. The largest absolute Gasteiger partial charge is 0.496 e. The maximum Gasteiger partial charge on any atom is 0.140 e. The van der Waals surface area contributed by atoms with Gasteiger partial charge in [0.25, 0.3) is 0 Å².